The van der Waals surface area contributed by atoms with Crippen molar-refractivity contribution in [1.29, 1.82) is 0 Å². The lowest BCUT2D eigenvalue weighted by atomic mass is 10.1. The fraction of sp³-hybridized carbons (Fsp3) is 0.292. The molecule has 0 aliphatic carbocycles. The van der Waals surface area contributed by atoms with Crippen LogP contribution in [-0.2, 0) is 6.54 Å². The van der Waals surface area contributed by atoms with Gasteiger partial charge in [-0.3, -0.25) is 14.1 Å². The molecule has 0 bridgehead atoms. The second-order valence-electron chi connectivity index (χ2n) is 7.93. The van der Waals surface area contributed by atoms with Gasteiger partial charge in [0, 0.05) is 35.8 Å². The van der Waals surface area contributed by atoms with E-state index in [1.54, 1.807) is 54.1 Å². The molecule has 0 fully saturated rings. The Hall–Kier alpha value is -3.57. The van der Waals surface area contributed by atoms with E-state index in [0.717, 1.165) is 0 Å². The minimum atomic E-state index is -0.145. The van der Waals surface area contributed by atoms with Crippen molar-refractivity contribution in [3.63, 3.8) is 0 Å². The standard InChI is InChI=1S/C24H26ClN7O3S/c1-15(23-26-12-17(25)13-27-23)16(2)36-30-24-29-28-20(14-31-11-6-5-10-21(31)33)32(24)22-18(34-3)8-7-9-19(22)35-4/h5-13,15-16H,14H2,1-4H3,(H,29,30). The summed E-state index contributed by atoms with van der Waals surface area (Å²) in [6, 6.07) is 10.5. The van der Waals surface area contributed by atoms with Crippen molar-refractivity contribution in [2.24, 2.45) is 0 Å². The summed E-state index contributed by atoms with van der Waals surface area (Å²) in [5.74, 6) is 2.84. The molecule has 0 saturated heterocycles. The zero-order valence-electron chi connectivity index (χ0n) is 20.3. The lowest BCUT2D eigenvalue weighted by Gasteiger charge is -2.20. The number of hydrogen-bond donors (Lipinski definition) is 1. The Labute approximate surface area is 217 Å². The summed E-state index contributed by atoms with van der Waals surface area (Å²) in [7, 11) is 3.17. The van der Waals surface area contributed by atoms with Gasteiger partial charge < -0.3 is 14.0 Å². The number of pyridine rings is 1. The number of halogens is 1. The van der Waals surface area contributed by atoms with E-state index in [-0.39, 0.29) is 23.3 Å². The van der Waals surface area contributed by atoms with Gasteiger partial charge in [-0.2, -0.15) is 0 Å². The summed E-state index contributed by atoms with van der Waals surface area (Å²) in [5, 5.41) is 9.35. The molecule has 188 valence electrons. The lowest BCUT2D eigenvalue weighted by Crippen LogP contribution is -2.21. The summed E-state index contributed by atoms with van der Waals surface area (Å²) in [6.07, 6.45) is 4.89. The van der Waals surface area contributed by atoms with E-state index in [0.29, 0.717) is 39.8 Å². The molecule has 4 rings (SSSR count). The average molecular weight is 528 g/mol. The molecule has 2 atom stereocenters. The fourth-order valence-electron chi connectivity index (χ4n) is 3.53. The van der Waals surface area contributed by atoms with E-state index < -0.39 is 0 Å². The van der Waals surface area contributed by atoms with E-state index >= 15 is 0 Å². The van der Waals surface area contributed by atoms with Crippen molar-refractivity contribution < 1.29 is 9.47 Å². The van der Waals surface area contributed by atoms with Crippen LogP contribution in [-0.4, -0.2) is 48.8 Å². The first-order chi connectivity index (χ1) is 17.4. The van der Waals surface area contributed by atoms with Gasteiger partial charge >= 0.3 is 0 Å². The fourth-order valence-corrected chi connectivity index (χ4v) is 4.38. The Balaban J connectivity index is 1.69. The predicted molar refractivity (Wildman–Crippen MR) is 140 cm³/mol. The van der Waals surface area contributed by atoms with E-state index in [4.69, 9.17) is 21.1 Å². The van der Waals surface area contributed by atoms with Gasteiger partial charge in [0.25, 0.3) is 5.56 Å². The van der Waals surface area contributed by atoms with Gasteiger partial charge in [0.15, 0.2) is 5.82 Å². The van der Waals surface area contributed by atoms with Gasteiger partial charge in [-0.25, -0.2) is 9.97 Å². The summed E-state index contributed by atoms with van der Waals surface area (Å²) >= 11 is 7.39. The largest absolute Gasteiger partial charge is 0.494 e. The molecule has 0 radical (unpaired) electrons. The molecule has 0 spiro atoms. The smallest absolute Gasteiger partial charge is 0.250 e. The second kappa shape index (κ2) is 11.4. The van der Waals surface area contributed by atoms with Crippen molar-refractivity contribution in [2.75, 3.05) is 18.9 Å². The number of methoxy groups -OCH3 is 2. The van der Waals surface area contributed by atoms with Crippen LogP contribution in [0.3, 0.4) is 0 Å². The van der Waals surface area contributed by atoms with Crippen LogP contribution < -0.4 is 19.8 Å². The second-order valence-corrected chi connectivity index (χ2v) is 9.55. The van der Waals surface area contributed by atoms with Gasteiger partial charge in [-0.15, -0.1) is 10.2 Å². The SMILES string of the molecule is COc1cccc(OC)c1-n1c(Cn2ccccc2=O)nnc1NSC(C)C(C)c1ncc(Cl)cn1. The van der Waals surface area contributed by atoms with Crippen LogP contribution in [0.5, 0.6) is 11.5 Å². The maximum Gasteiger partial charge on any atom is 0.250 e. The van der Waals surface area contributed by atoms with Crippen molar-refractivity contribution >= 4 is 29.5 Å². The summed E-state index contributed by atoms with van der Waals surface area (Å²) in [4.78, 5) is 21.1. The highest BCUT2D eigenvalue weighted by molar-refractivity contribution is 8.01. The highest BCUT2D eigenvalue weighted by Crippen LogP contribution is 2.36. The van der Waals surface area contributed by atoms with Crippen LogP contribution in [0.1, 0.15) is 31.4 Å². The Bertz CT molecular complexity index is 1350. The number of ether oxygens (including phenoxy) is 2. The molecule has 36 heavy (non-hydrogen) atoms. The number of anilines is 1. The van der Waals surface area contributed by atoms with Gasteiger partial charge in [0.2, 0.25) is 5.95 Å². The van der Waals surface area contributed by atoms with Gasteiger partial charge in [0.1, 0.15) is 23.0 Å². The summed E-state index contributed by atoms with van der Waals surface area (Å²) in [6.45, 7) is 4.31. The predicted octanol–water partition coefficient (Wildman–Crippen LogP) is 4.19. The quantitative estimate of drug-likeness (QED) is 0.303. The minimum absolute atomic E-state index is 0.0271. The molecule has 0 saturated carbocycles. The molecule has 2 unspecified atom stereocenters. The Morgan fingerprint density at radius 2 is 1.72 bits per heavy atom. The molecule has 0 aliphatic heterocycles. The summed E-state index contributed by atoms with van der Waals surface area (Å²) < 4.78 is 18.0. The van der Waals surface area contributed by atoms with Crippen LogP contribution >= 0.6 is 23.5 Å². The molecule has 3 heterocycles. The third-order valence-corrected chi connectivity index (χ3v) is 6.93. The Morgan fingerprint density at radius 1 is 1.03 bits per heavy atom. The Morgan fingerprint density at radius 3 is 2.36 bits per heavy atom. The van der Waals surface area contributed by atoms with Gasteiger partial charge in [-0.1, -0.05) is 37.6 Å². The number of aromatic nitrogens is 6. The first-order valence-electron chi connectivity index (χ1n) is 11.1. The zero-order chi connectivity index (χ0) is 25.7. The molecule has 0 amide bonds. The van der Waals surface area contributed by atoms with E-state index in [1.165, 1.54) is 18.0 Å². The summed E-state index contributed by atoms with van der Waals surface area (Å²) in [5.41, 5.74) is 0.477. The third kappa shape index (κ3) is 5.47. The van der Waals surface area contributed by atoms with E-state index in [9.17, 15) is 4.79 Å². The van der Waals surface area contributed by atoms with Crippen molar-refractivity contribution in [3.8, 4) is 17.2 Å². The highest BCUT2D eigenvalue weighted by atomic mass is 35.5. The van der Waals surface area contributed by atoms with E-state index in [2.05, 4.69) is 31.8 Å². The van der Waals surface area contributed by atoms with Gasteiger partial charge in [-0.05, 0) is 30.1 Å². The molecule has 12 heteroatoms. The molecule has 3 aromatic heterocycles. The van der Waals surface area contributed by atoms with Crippen LogP contribution in [0, 0.1) is 0 Å². The monoisotopic (exact) mass is 527 g/mol. The number of para-hydroxylation sites is 1. The lowest BCUT2D eigenvalue weighted by molar-refractivity contribution is 0.390. The molecule has 1 N–H and O–H groups in total. The highest BCUT2D eigenvalue weighted by Gasteiger charge is 2.24. The number of benzene rings is 1. The molecule has 1 aromatic carbocycles. The normalized spacial score (nSPS) is 12.7. The number of rotatable bonds is 10. The molecule has 0 aliphatic rings. The van der Waals surface area contributed by atoms with Crippen molar-refractivity contribution in [3.05, 3.63) is 82.0 Å². The first-order valence-corrected chi connectivity index (χ1v) is 12.4. The minimum Gasteiger partial charge on any atom is -0.494 e. The Kier molecular flexibility index (Phi) is 8.11. The molecule has 4 aromatic rings. The van der Waals surface area contributed by atoms with Crippen LogP contribution in [0.25, 0.3) is 5.69 Å². The van der Waals surface area contributed by atoms with Crippen molar-refractivity contribution in [1.82, 2.24) is 29.3 Å². The zero-order valence-corrected chi connectivity index (χ0v) is 21.8. The number of hydrogen-bond acceptors (Lipinski definition) is 9. The van der Waals surface area contributed by atoms with Crippen LogP contribution in [0.15, 0.2) is 59.8 Å². The van der Waals surface area contributed by atoms with Gasteiger partial charge in [0.05, 0.1) is 25.8 Å². The number of nitrogens with zero attached hydrogens (tertiary/aromatic N) is 6. The first kappa shape index (κ1) is 25.5. The molecular formula is C24H26ClN7O3S. The van der Waals surface area contributed by atoms with E-state index in [1.807, 2.05) is 25.1 Å². The number of nitrogens with one attached hydrogen (secondary N) is 1. The third-order valence-electron chi connectivity index (χ3n) is 5.65. The van der Waals surface area contributed by atoms with Crippen molar-refractivity contribution in [2.45, 2.75) is 31.6 Å². The maximum absolute atomic E-state index is 12.4. The molecular weight excluding hydrogens is 502 g/mol. The molecule has 10 nitrogen and oxygen atoms in total. The maximum atomic E-state index is 12.4. The van der Waals surface area contributed by atoms with Crippen LogP contribution in [0.2, 0.25) is 5.02 Å². The van der Waals surface area contributed by atoms with Crippen LogP contribution in [0.4, 0.5) is 5.95 Å². The topological polar surface area (TPSA) is 109 Å². The average Bonchev–Trinajstić information content (AvgIpc) is 3.29.